The maximum absolute atomic E-state index is 2.45. The predicted octanol–water partition coefficient (Wildman–Crippen LogP) is 2.44. The summed E-state index contributed by atoms with van der Waals surface area (Å²) >= 11 is 0. The van der Waals surface area contributed by atoms with Gasteiger partial charge in [-0.15, -0.1) is 0 Å². The van der Waals surface area contributed by atoms with Crippen LogP contribution in [0.4, 0.5) is 0 Å². The Kier molecular flexibility index (Phi) is 0.678. The lowest BCUT2D eigenvalue weighted by atomic mass is 10.0. The highest BCUT2D eigenvalue weighted by molar-refractivity contribution is 5.03. The Bertz CT molecular complexity index is 111. The second-order valence-corrected chi connectivity index (χ2v) is 3.97. The zero-order valence-corrected chi connectivity index (χ0v) is 5.78. The summed E-state index contributed by atoms with van der Waals surface area (Å²) in [5.74, 6) is 2.20. The summed E-state index contributed by atoms with van der Waals surface area (Å²) < 4.78 is 0. The molecule has 0 bridgehead atoms. The van der Waals surface area contributed by atoms with Gasteiger partial charge >= 0.3 is 0 Å². The van der Waals surface area contributed by atoms with Crippen molar-refractivity contribution in [2.24, 2.45) is 17.3 Å². The molecule has 0 saturated heterocycles. The van der Waals surface area contributed by atoms with Gasteiger partial charge in [-0.1, -0.05) is 13.8 Å². The van der Waals surface area contributed by atoms with Crippen LogP contribution >= 0.6 is 0 Å². The Morgan fingerprint density at radius 3 is 2.00 bits per heavy atom. The molecule has 0 aromatic rings. The second-order valence-electron chi connectivity index (χ2n) is 3.97. The van der Waals surface area contributed by atoms with Crippen LogP contribution in [0, 0.1) is 17.3 Å². The first-order valence-electron chi connectivity index (χ1n) is 3.72. The van der Waals surface area contributed by atoms with E-state index in [2.05, 4.69) is 13.8 Å². The summed E-state index contributed by atoms with van der Waals surface area (Å²) in [6, 6.07) is 0. The number of hydrogen-bond acceptors (Lipinski definition) is 0. The number of rotatable bonds is 1. The topological polar surface area (TPSA) is 0 Å². The molecule has 0 amide bonds. The van der Waals surface area contributed by atoms with Gasteiger partial charge in [0.1, 0.15) is 0 Å². The van der Waals surface area contributed by atoms with Crippen molar-refractivity contribution in [2.45, 2.75) is 33.1 Å². The molecule has 0 nitrogen and oxygen atoms in total. The molecule has 2 fully saturated rings. The van der Waals surface area contributed by atoms with E-state index < -0.39 is 0 Å². The van der Waals surface area contributed by atoms with E-state index in [0.717, 1.165) is 17.3 Å². The molecule has 2 aliphatic carbocycles. The van der Waals surface area contributed by atoms with Crippen molar-refractivity contribution in [1.29, 1.82) is 0 Å². The van der Waals surface area contributed by atoms with Crippen molar-refractivity contribution in [2.75, 3.05) is 0 Å². The largest absolute Gasteiger partial charge is 0.0622 e. The van der Waals surface area contributed by atoms with E-state index >= 15 is 0 Å². The summed E-state index contributed by atoms with van der Waals surface area (Å²) in [4.78, 5) is 0. The molecule has 2 saturated carbocycles. The normalized spacial score (nSPS) is 48.8. The van der Waals surface area contributed by atoms with E-state index in [-0.39, 0.29) is 0 Å². The third kappa shape index (κ3) is 0.519. The molecule has 2 aliphatic rings. The Morgan fingerprint density at radius 2 is 1.88 bits per heavy atom. The summed E-state index contributed by atoms with van der Waals surface area (Å²) in [5, 5.41) is 0. The van der Waals surface area contributed by atoms with Crippen LogP contribution in [0.15, 0.2) is 0 Å². The average molecular weight is 110 g/mol. The summed E-state index contributed by atoms with van der Waals surface area (Å²) in [6.45, 7) is 4.83. The zero-order chi connectivity index (χ0) is 5.78. The van der Waals surface area contributed by atoms with Gasteiger partial charge in [-0.3, -0.25) is 0 Å². The monoisotopic (exact) mass is 110 g/mol. The third-order valence-corrected chi connectivity index (χ3v) is 3.04. The average Bonchev–Trinajstić information content (AvgIpc) is 2.47. The molecule has 0 radical (unpaired) electrons. The molecule has 0 heterocycles. The van der Waals surface area contributed by atoms with Gasteiger partial charge < -0.3 is 0 Å². The Labute approximate surface area is 51.3 Å². The highest BCUT2D eigenvalue weighted by Crippen LogP contribution is 2.63. The maximum Gasteiger partial charge on any atom is -0.0294 e. The molecule has 2 unspecified atom stereocenters. The van der Waals surface area contributed by atoms with Gasteiger partial charge in [-0.05, 0) is 36.5 Å². The Hall–Kier alpha value is 0. The quantitative estimate of drug-likeness (QED) is 0.486. The first-order valence-corrected chi connectivity index (χ1v) is 3.72. The lowest BCUT2D eigenvalue weighted by molar-refractivity contribution is 0.464. The standard InChI is InChI=1S/C8H14/c1-6-5-7(6)8(2)3-4-8/h6-7H,3-5H2,1-2H3. The molecule has 8 heavy (non-hydrogen) atoms. The van der Waals surface area contributed by atoms with Crippen LogP contribution in [0.5, 0.6) is 0 Å². The summed E-state index contributed by atoms with van der Waals surface area (Å²) in [7, 11) is 0. The maximum atomic E-state index is 2.45. The molecule has 2 rings (SSSR count). The lowest BCUT2D eigenvalue weighted by Gasteiger charge is -2.02. The van der Waals surface area contributed by atoms with Crippen LogP contribution < -0.4 is 0 Å². The molecule has 0 spiro atoms. The highest BCUT2D eigenvalue weighted by atomic mass is 14.6. The van der Waals surface area contributed by atoms with E-state index in [4.69, 9.17) is 0 Å². The van der Waals surface area contributed by atoms with Crippen molar-refractivity contribution < 1.29 is 0 Å². The van der Waals surface area contributed by atoms with E-state index in [1.54, 1.807) is 0 Å². The van der Waals surface area contributed by atoms with Crippen molar-refractivity contribution in [3.63, 3.8) is 0 Å². The van der Waals surface area contributed by atoms with Crippen molar-refractivity contribution >= 4 is 0 Å². The molecule has 0 aromatic heterocycles. The van der Waals surface area contributed by atoms with Gasteiger partial charge in [0.25, 0.3) is 0 Å². The van der Waals surface area contributed by atoms with Crippen LogP contribution in [0.25, 0.3) is 0 Å². The Morgan fingerprint density at radius 1 is 1.38 bits per heavy atom. The minimum atomic E-state index is 0.833. The van der Waals surface area contributed by atoms with Crippen LogP contribution in [0.3, 0.4) is 0 Å². The zero-order valence-electron chi connectivity index (χ0n) is 5.78. The fourth-order valence-electron chi connectivity index (χ4n) is 1.86. The molecule has 0 aliphatic heterocycles. The fraction of sp³-hybridized carbons (Fsp3) is 1.00. The van der Waals surface area contributed by atoms with Crippen molar-refractivity contribution in [1.82, 2.24) is 0 Å². The van der Waals surface area contributed by atoms with E-state index in [9.17, 15) is 0 Å². The highest BCUT2D eigenvalue weighted by Gasteiger charge is 2.53. The molecule has 0 heteroatoms. The van der Waals surface area contributed by atoms with Gasteiger partial charge in [0, 0.05) is 0 Å². The van der Waals surface area contributed by atoms with Gasteiger partial charge in [0.15, 0.2) is 0 Å². The van der Waals surface area contributed by atoms with Crippen LogP contribution in [-0.4, -0.2) is 0 Å². The van der Waals surface area contributed by atoms with E-state index in [1.807, 2.05) is 0 Å². The van der Waals surface area contributed by atoms with Gasteiger partial charge in [-0.25, -0.2) is 0 Å². The molecule has 0 aromatic carbocycles. The molecular formula is C8H14. The minimum Gasteiger partial charge on any atom is -0.0622 e. The number of hydrogen-bond donors (Lipinski definition) is 0. The van der Waals surface area contributed by atoms with Crippen LogP contribution in [0.2, 0.25) is 0 Å². The predicted molar refractivity (Wildman–Crippen MR) is 34.6 cm³/mol. The summed E-state index contributed by atoms with van der Waals surface area (Å²) in [6.07, 6.45) is 4.56. The lowest BCUT2D eigenvalue weighted by Crippen LogP contribution is -1.95. The molecular weight excluding hydrogens is 96.1 g/mol. The molecule has 2 atom stereocenters. The van der Waals surface area contributed by atoms with E-state index in [0.29, 0.717) is 0 Å². The van der Waals surface area contributed by atoms with Gasteiger partial charge in [0.2, 0.25) is 0 Å². The van der Waals surface area contributed by atoms with Crippen molar-refractivity contribution in [3.8, 4) is 0 Å². The summed E-state index contributed by atoms with van der Waals surface area (Å²) in [5.41, 5.74) is 0.833. The molecule has 46 valence electrons. The van der Waals surface area contributed by atoms with Gasteiger partial charge in [-0.2, -0.15) is 0 Å². The van der Waals surface area contributed by atoms with Crippen molar-refractivity contribution in [3.05, 3.63) is 0 Å². The SMILES string of the molecule is CC1CC1C1(C)CC1. The first-order chi connectivity index (χ1) is 3.72. The second kappa shape index (κ2) is 1.12. The minimum absolute atomic E-state index is 0.833. The Balaban J connectivity index is 1.99. The van der Waals surface area contributed by atoms with Crippen LogP contribution in [0.1, 0.15) is 33.1 Å². The first kappa shape index (κ1) is 4.84. The van der Waals surface area contributed by atoms with Gasteiger partial charge in [0.05, 0.1) is 0 Å². The van der Waals surface area contributed by atoms with Crippen LogP contribution in [-0.2, 0) is 0 Å². The molecule has 0 N–H and O–H groups in total. The smallest absolute Gasteiger partial charge is 0.0294 e. The van der Waals surface area contributed by atoms with E-state index in [1.165, 1.54) is 19.3 Å². The third-order valence-electron chi connectivity index (χ3n) is 3.04. The fourth-order valence-corrected chi connectivity index (χ4v) is 1.86.